The predicted octanol–water partition coefficient (Wildman–Crippen LogP) is 3.44. The molecule has 1 aromatic heterocycles. The second kappa shape index (κ2) is 5.52. The van der Waals surface area contributed by atoms with E-state index >= 15 is 0 Å². The third-order valence-electron chi connectivity index (χ3n) is 2.56. The van der Waals surface area contributed by atoms with Crippen molar-refractivity contribution in [2.45, 2.75) is 25.4 Å². The topological polar surface area (TPSA) is 38.9 Å². The molecule has 0 bridgehead atoms. The van der Waals surface area contributed by atoms with Gasteiger partial charge < -0.3 is 5.73 Å². The Bertz CT molecular complexity index is 509. The van der Waals surface area contributed by atoms with Gasteiger partial charge in [0.25, 0.3) is 0 Å². The summed E-state index contributed by atoms with van der Waals surface area (Å²) < 4.78 is 0. The molecule has 0 spiro atoms. The number of benzene rings is 1. The molecule has 0 fully saturated rings. The largest absolute Gasteiger partial charge is 0.326 e. The van der Waals surface area contributed by atoms with Crippen LogP contribution < -0.4 is 5.73 Å². The lowest BCUT2D eigenvalue weighted by atomic mass is 10.1. The van der Waals surface area contributed by atoms with Crippen molar-refractivity contribution in [3.8, 4) is 0 Å². The van der Waals surface area contributed by atoms with E-state index in [1.54, 1.807) is 11.8 Å². The molecule has 0 aliphatic heterocycles. The van der Waals surface area contributed by atoms with E-state index in [1.165, 1.54) is 10.9 Å². The van der Waals surface area contributed by atoms with Gasteiger partial charge in [0.1, 0.15) is 0 Å². The summed E-state index contributed by atoms with van der Waals surface area (Å²) in [6.07, 6.45) is 0. The predicted molar refractivity (Wildman–Crippen MR) is 75.2 cm³/mol. The number of hydrogen-bond donors (Lipinski definition) is 1. The highest BCUT2D eigenvalue weighted by Crippen LogP contribution is 2.25. The van der Waals surface area contributed by atoms with E-state index in [-0.39, 0.29) is 0 Å². The van der Waals surface area contributed by atoms with E-state index < -0.39 is 0 Å². The Kier molecular flexibility index (Phi) is 4.02. The lowest BCUT2D eigenvalue weighted by molar-refractivity contribution is 0.749. The van der Waals surface area contributed by atoms with Gasteiger partial charge in [-0.2, -0.15) is 0 Å². The molecule has 0 saturated heterocycles. The van der Waals surface area contributed by atoms with Crippen molar-refractivity contribution >= 4 is 22.7 Å². The summed E-state index contributed by atoms with van der Waals surface area (Å²) in [6, 6.07) is 10.3. The van der Waals surface area contributed by atoms with Crippen LogP contribution >= 0.6 is 11.8 Å². The highest BCUT2D eigenvalue weighted by Gasteiger charge is 2.05. The molecule has 1 heterocycles. The van der Waals surface area contributed by atoms with Crippen molar-refractivity contribution in [1.82, 2.24) is 4.98 Å². The number of thioether (sulfide) groups is 1. The van der Waals surface area contributed by atoms with Crippen LogP contribution in [0.5, 0.6) is 0 Å². The minimum absolute atomic E-state index is 0.568. The highest BCUT2D eigenvalue weighted by molar-refractivity contribution is 7.99. The van der Waals surface area contributed by atoms with E-state index in [1.807, 2.05) is 18.2 Å². The van der Waals surface area contributed by atoms with Gasteiger partial charge in [0, 0.05) is 17.7 Å². The Morgan fingerprint density at radius 2 is 2.06 bits per heavy atom. The molecular weight excluding hydrogens is 228 g/mol. The maximum atomic E-state index is 5.80. The van der Waals surface area contributed by atoms with E-state index in [9.17, 15) is 0 Å². The Hall–Kier alpha value is -1.06. The lowest BCUT2D eigenvalue weighted by Gasteiger charge is -2.08. The Morgan fingerprint density at radius 3 is 2.76 bits per heavy atom. The Morgan fingerprint density at radius 1 is 1.29 bits per heavy atom. The molecule has 2 nitrogen and oxygen atoms in total. The lowest BCUT2D eigenvalue weighted by Crippen LogP contribution is -2.00. The number of hydrogen-bond acceptors (Lipinski definition) is 3. The summed E-state index contributed by atoms with van der Waals surface area (Å²) in [7, 11) is 0. The molecule has 0 atom stereocenters. The number of fused-ring (bicyclic) bond motifs is 1. The van der Waals surface area contributed by atoms with Crippen molar-refractivity contribution in [3.05, 3.63) is 35.9 Å². The number of aromatic nitrogens is 1. The monoisotopic (exact) mass is 246 g/mol. The number of para-hydroxylation sites is 1. The quantitative estimate of drug-likeness (QED) is 0.840. The van der Waals surface area contributed by atoms with Gasteiger partial charge in [-0.3, -0.25) is 0 Å². The summed E-state index contributed by atoms with van der Waals surface area (Å²) >= 11 is 1.81. The molecule has 0 saturated carbocycles. The van der Waals surface area contributed by atoms with Crippen LogP contribution in [0.2, 0.25) is 0 Å². The Balaban J connectivity index is 2.38. The zero-order valence-electron chi connectivity index (χ0n) is 10.3. The fourth-order valence-corrected chi connectivity index (χ4v) is 2.61. The number of nitrogens with zero attached hydrogens (tertiary/aromatic N) is 1. The van der Waals surface area contributed by atoms with Crippen LogP contribution in [0.25, 0.3) is 10.9 Å². The normalized spacial score (nSPS) is 11.3. The van der Waals surface area contributed by atoms with Gasteiger partial charge in [-0.25, -0.2) is 4.98 Å². The molecule has 0 unspecified atom stereocenters. The first-order valence-corrected chi connectivity index (χ1v) is 6.91. The highest BCUT2D eigenvalue weighted by atomic mass is 32.2. The second-order valence-electron chi connectivity index (χ2n) is 4.55. The van der Waals surface area contributed by atoms with Crippen molar-refractivity contribution < 1.29 is 0 Å². The maximum Gasteiger partial charge on any atom is 0.0970 e. The van der Waals surface area contributed by atoms with Gasteiger partial charge in [0.05, 0.1) is 10.5 Å². The van der Waals surface area contributed by atoms with E-state index in [2.05, 4.69) is 31.0 Å². The first-order chi connectivity index (χ1) is 8.20. The summed E-state index contributed by atoms with van der Waals surface area (Å²) in [4.78, 5) is 4.66. The second-order valence-corrected chi connectivity index (χ2v) is 5.59. The van der Waals surface area contributed by atoms with E-state index in [0.717, 1.165) is 16.3 Å². The first-order valence-electron chi connectivity index (χ1n) is 5.92. The van der Waals surface area contributed by atoms with Gasteiger partial charge in [-0.15, -0.1) is 11.8 Å². The molecule has 0 radical (unpaired) electrons. The maximum absolute atomic E-state index is 5.80. The number of pyridine rings is 1. The molecule has 2 N–H and O–H groups in total. The third-order valence-corrected chi connectivity index (χ3v) is 3.90. The summed E-state index contributed by atoms with van der Waals surface area (Å²) in [5.74, 6) is 1.77. The summed E-state index contributed by atoms with van der Waals surface area (Å²) in [5, 5.41) is 2.25. The number of rotatable bonds is 4. The molecule has 0 aliphatic rings. The zero-order chi connectivity index (χ0) is 12.3. The van der Waals surface area contributed by atoms with Crippen LogP contribution in [0.15, 0.2) is 35.4 Å². The third kappa shape index (κ3) is 2.99. The molecular formula is C14H18N2S. The van der Waals surface area contributed by atoms with Gasteiger partial charge >= 0.3 is 0 Å². The smallest absolute Gasteiger partial charge is 0.0970 e. The molecule has 90 valence electrons. The first kappa shape index (κ1) is 12.4. The average molecular weight is 246 g/mol. The van der Waals surface area contributed by atoms with Gasteiger partial charge in [0.2, 0.25) is 0 Å². The summed E-state index contributed by atoms with van der Waals surface area (Å²) in [5.41, 5.74) is 8.03. The van der Waals surface area contributed by atoms with Crippen LogP contribution in [-0.2, 0) is 6.54 Å². The van der Waals surface area contributed by atoms with Crippen LogP contribution in [0.3, 0.4) is 0 Å². The van der Waals surface area contributed by atoms with Gasteiger partial charge in [-0.05, 0) is 23.6 Å². The van der Waals surface area contributed by atoms with Crippen LogP contribution in [0.4, 0.5) is 0 Å². The van der Waals surface area contributed by atoms with Gasteiger partial charge in [0.15, 0.2) is 0 Å². The Labute approximate surface area is 107 Å². The zero-order valence-corrected chi connectivity index (χ0v) is 11.1. The van der Waals surface area contributed by atoms with Crippen molar-refractivity contribution in [1.29, 1.82) is 0 Å². The average Bonchev–Trinajstić information content (AvgIpc) is 2.35. The minimum Gasteiger partial charge on any atom is -0.326 e. The molecule has 2 aromatic rings. The molecule has 2 rings (SSSR count). The fraction of sp³-hybridized carbons (Fsp3) is 0.357. The van der Waals surface area contributed by atoms with E-state index in [0.29, 0.717) is 12.5 Å². The molecule has 0 amide bonds. The number of nitrogens with two attached hydrogens (primary N) is 1. The van der Waals surface area contributed by atoms with Crippen molar-refractivity contribution in [2.24, 2.45) is 11.7 Å². The minimum atomic E-state index is 0.568. The van der Waals surface area contributed by atoms with Crippen LogP contribution in [0, 0.1) is 5.92 Å². The van der Waals surface area contributed by atoms with Crippen molar-refractivity contribution in [2.75, 3.05) is 5.75 Å². The molecule has 17 heavy (non-hydrogen) atoms. The van der Waals surface area contributed by atoms with Crippen LogP contribution in [0.1, 0.15) is 19.4 Å². The molecule has 0 aliphatic carbocycles. The van der Waals surface area contributed by atoms with Crippen molar-refractivity contribution in [3.63, 3.8) is 0 Å². The fourth-order valence-electron chi connectivity index (χ4n) is 1.72. The molecule has 3 heteroatoms. The van der Waals surface area contributed by atoms with Gasteiger partial charge in [-0.1, -0.05) is 32.0 Å². The molecule has 1 aromatic carbocycles. The summed E-state index contributed by atoms with van der Waals surface area (Å²) in [6.45, 7) is 5.01. The standard InChI is InChI=1S/C14H18N2S/c1-10(2)9-17-14-7-11(8-15)12-5-3-4-6-13(12)16-14/h3-7,10H,8-9,15H2,1-2H3. The van der Waals surface area contributed by atoms with E-state index in [4.69, 9.17) is 5.73 Å². The van der Waals surface area contributed by atoms with Crippen LogP contribution in [-0.4, -0.2) is 10.7 Å². The SMILES string of the molecule is CC(C)CSc1cc(CN)c2ccccc2n1.